The molecule has 1 amide bonds. The lowest BCUT2D eigenvalue weighted by Crippen LogP contribution is -2.37. The van der Waals surface area contributed by atoms with E-state index in [2.05, 4.69) is 11.9 Å². The first-order valence-corrected chi connectivity index (χ1v) is 5.96. The highest BCUT2D eigenvalue weighted by Gasteiger charge is 2.23. The molecule has 5 heteroatoms. The van der Waals surface area contributed by atoms with Crippen molar-refractivity contribution in [1.29, 1.82) is 5.41 Å². The number of aliphatic hydroxyl groups is 1. The molecular weight excluding hydrogens is 244 g/mol. The van der Waals surface area contributed by atoms with Crippen molar-refractivity contribution >= 4 is 12.3 Å². The molecule has 0 aromatic heterocycles. The Morgan fingerprint density at radius 2 is 2.16 bits per heavy atom. The molecule has 0 saturated carbocycles. The predicted molar refractivity (Wildman–Crippen MR) is 72.6 cm³/mol. The van der Waals surface area contributed by atoms with Gasteiger partial charge in [-0.2, -0.15) is 0 Å². The van der Waals surface area contributed by atoms with Crippen molar-refractivity contribution in [1.82, 2.24) is 5.32 Å². The summed E-state index contributed by atoms with van der Waals surface area (Å²) in [6.07, 6.45) is 1.87. The summed E-state index contributed by atoms with van der Waals surface area (Å²) in [7, 11) is 0. The molecule has 2 atom stereocenters. The minimum Gasteiger partial charge on any atom is -0.453 e. The molecule has 0 heterocycles. The zero-order valence-corrected chi connectivity index (χ0v) is 10.6. The van der Waals surface area contributed by atoms with Crippen molar-refractivity contribution in [3.05, 3.63) is 48.6 Å². The molecular formula is C14H18N2O3. The third-order valence-corrected chi connectivity index (χ3v) is 2.54. The summed E-state index contributed by atoms with van der Waals surface area (Å²) in [5.41, 5.74) is 0.712. The molecule has 1 aromatic rings. The van der Waals surface area contributed by atoms with Gasteiger partial charge >= 0.3 is 0 Å². The minimum absolute atomic E-state index is 0.207. The van der Waals surface area contributed by atoms with E-state index in [1.807, 2.05) is 6.07 Å². The molecule has 1 aromatic carbocycles. The Bertz CT molecular complexity index is 420. The monoisotopic (exact) mass is 262 g/mol. The van der Waals surface area contributed by atoms with Gasteiger partial charge in [-0.3, -0.25) is 10.2 Å². The van der Waals surface area contributed by atoms with Crippen molar-refractivity contribution in [2.75, 3.05) is 0 Å². The highest BCUT2D eigenvalue weighted by Crippen LogP contribution is 2.17. The van der Waals surface area contributed by atoms with E-state index in [1.54, 1.807) is 30.3 Å². The Balaban J connectivity index is 2.78. The van der Waals surface area contributed by atoms with E-state index in [0.29, 0.717) is 24.8 Å². The maximum absolute atomic E-state index is 11.7. The number of ether oxygens (including phenoxy) is 1. The maximum Gasteiger partial charge on any atom is 0.223 e. The third kappa shape index (κ3) is 4.93. The van der Waals surface area contributed by atoms with E-state index in [1.165, 1.54) is 0 Å². The lowest BCUT2D eigenvalue weighted by Gasteiger charge is -2.23. The molecule has 102 valence electrons. The largest absolute Gasteiger partial charge is 0.453 e. The first kappa shape index (κ1) is 14.9. The number of amides is 1. The highest BCUT2D eigenvalue weighted by molar-refractivity contribution is 5.76. The van der Waals surface area contributed by atoms with Gasteiger partial charge < -0.3 is 15.2 Å². The van der Waals surface area contributed by atoms with Crippen LogP contribution in [0.1, 0.15) is 24.4 Å². The second-order valence-electron chi connectivity index (χ2n) is 3.93. The Morgan fingerprint density at radius 3 is 2.74 bits per heavy atom. The van der Waals surface area contributed by atoms with Crippen LogP contribution >= 0.6 is 0 Å². The number of carbonyl (C=O) groups is 1. The molecule has 0 saturated heterocycles. The molecule has 0 aliphatic carbocycles. The van der Waals surface area contributed by atoms with Crippen LogP contribution in [-0.4, -0.2) is 23.7 Å². The van der Waals surface area contributed by atoms with Gasteiger partial charge in [-0.25, -0.2) is 0 Å². The van der Waals surface area contributed by atoms with Crippen molar-refractivity contribution in [3.63, 3.8) is 0 Å². The van der Waals surface area contributed by atoms with Crippen LogP contribution < -0.4 is 5.32 Å². The summed E-state index contributed by atoms with van der Waals surface area (Å²) in [5.74, 6) is -0.207. The highest BCUT2D eigenvalue weighted by atomic mass is 16.6. The molecule has 0 fully saturated rings. The van der Waals surface area contributed by atoms with Crippen LogP contribution in [-0.2, 0) is 9.53 Å². The van der Waals surface area contributed by atoms with Gasteiger partial charge in [0.25, 0.3) is 0 Å². The molecule has 0 aliphatic rings. The van der Waals surface area contributed by atoms with E-state index >= 15 is 0 Å². The standard InChI is InChI=1S/C14H18N2O3/c1-2-3-9-12(17)16-13(14(18)19-10-15)11-7-5-4-6-8-11/h2,4-8,10,13-15,18H,1,3,9H2,(H,16,17)/t13-,14?/m0/s1. The molecule has 0 spiro atoms. The Morgan fingerprint density at radius 1 is 1.47 bits per heavy atom. The van der Waals surface area contributed by atoms with Crippen LogP contribution in [0.25, 0.3) is 0 Å². The van der Waals surface area contributed by atoms with Crippen LogP contribution in [0.5, 0.6) is 0 Å². The third-order valence-electron chi connectivity index (χ3n) is 2.54. The summed E-state index contributed by atoms with van der Waals surface area (Å²) in [6.45, 7) is 3.55. The molecule has 1 unspecified atom stereocenters. The fraction of sp³-hybridized carbons (Fsp3) is 0.286. The summed E-state index contributed by atoms with van der Waals surface area (Å²) >= 11 is 0. The van der Waals surface area contributed by atoms with Gasteiger partial charge in [-0.15, -0.1) is 6.58 Å². The van der Waals surface area contributed by atoms with Crippen molar-refractivity contribution < 1.29 is 14.6 Å². The zero-order chi connectivity index (χ0) is 14.1. The summed E-state index contributed by atoms with van der Waals surface area (Å²) < 4.78 is 4.73. The first-order valence-electron chi connectivity index (χ1n) is 5.96. The lowest BCUT2D eigenvalue weighted by atomic mass is 10.1. The van der Waals surface area contributed by atoms with E-state index in [4.69, 9.17) is 10.1 Å². The van der Waals surface area contributed by atoms with Crippen molar-refractivity contribution in [2.24, 2.45) is 0 Å². The van der Waals surface area contributed by atoms with Gasteiger partial charge in [-0.05, 0) is 12.0 Å². The zero-order valence-electron chi connectivity index (χ0n) is 10.6. The van der Waals surface area contributed by atoms with E-state index in [-0.39, 0.29) is 5.91 Å². The molecule has 5 nitrogen and oxygen atoms in total. The molecule has 1 rings (SSSR count). The average molecular weight is 262 g/mol. The van der Waals surface area contributed by atoms with E-state index in [0.717, 1.165) is 0 Å². The number of allylic oxidation sites excluding steroid dienone is 1. The average Bonchev–Trinajstić information content (AvgIpc) is 2.43. The molecule has 0 radical (unpaired) electrons. The van der Waals surface area contributed by atoms with Crippen LogP contribution in [0.3, 0.4) is 0 Å². The van der Waals surface area contributed by atoms with Gasteiger partial charge in [-0.1, -0.05) is 36.4 Å². The Kier molecular flexibility index (Phi) is 6.32. The smallest absolute Gasteiger partial charge is 0.223 e. The molecule has 3 N–H and O–H groups in total. The quantitative estimate of drug-likeness (QED) is 0.289. The number of aliphatic hydroxyl groups excluding tert-OH is 1. The second-order valence-corrected chi connectivity index (χ2v) is 3.93. The van der Waals surface area contributed by atoms with Crippen LogP contribution in [0.4, 0.5) is 0 Å². The molecule has 0 bridgehead atoms. The Labute approximate surface area is 112 Å². The Hall–Kier alpha value is -2.14. The van der Waals surface area contributed by atoms with Crippen LogP contribution in [0.15, 0.2) is 43.0 Å². The number of nitrogens with one attached hydrogen (secondary N) is 2. The first-order chi connectivity index (χ1) is 9.19. The topological polar surface area (TPSA) is 82.4 Å². The molecule has 0 aliphatic heterocycles. The predicted octanol–water partition coefficient (Wildman–Crippen LogP) is 1.75. The fourth-order valence-corrected chi connectivity index (χ4v) is 1.61. The molecule has 19 heavy (non-hydrogen) atoms. The number of hydrogen-bond acceptors (Lipinski definition) is 4. The normalized spacial score (nSPS) is 13.1. The van der Waals surface area contributed by atoms with Gasteiger partial charge in [0.2, 0.25) is 12.2 Å². The van der Waals surface area contributed by atoms with E-state index in [9.17, 15) is 9.90 Å². The van der Waals surface area contributed by atoms with Crippen molar-refractivity contribution in [2.45, 2.75) is 25.2 Å². The van der Waals surface area contributed by atoms with Gasteiger partial charge in [0, 0.05) is 6.42 Å². The van der Waals surface area contributed by atoms with Crippen LogP contribution in [0.2, 0.25) is 0 Å². The SMILES string of the molecule is C=CCCC(=O)N[C@@H](c1ccccc1)C(O)OC=N. The summed E-state index contributed by atoms with van der Waals surface area (Å²) in [6, 6.07) is 8.28. The van der Waals surface area contributed by atoms with Gasteiger partial charge in [0.05, 0.1) is 0 Å². The maximum atomic E-state index is 11.7. The van der Waals surface area contributed by atoms with E-state index < -0.39 is 12.3 Å². The fourth-order valence-electron chi connectivity index (χ4n) is 1.61. The van der Waals surface area contributed by atoms with Gasteiger partial charge in [0.1, 0.15) is 6.04 Å². The number of hydrogen-bond donors (Lipinski definition) is 3. The van der Waals surface area contributed by atoms with Crippen LogP contribution in [0, 0.1) is 5.41 Å². The minimum atomic E-state index is -1.30. The summed E-state index contributed by atoms with van der Waals surface area (Å²) in [4.78, 5) is 11.7. The summed E-state index contributed by atoms with van der Waals surface area (Å²) in [5, 5.41) is 19.4. The van der Waals surface area contributed by atoms with Crippen molar-refractivity contribution in [3.8, 4) is 0 Å². The van der Waals surface area contributed by atoms with Gasteiger partial charge in [0.15, 0.2) is 6.40 Å². The second kappa shape index (κ2) is 8.05. The number of carbonyl (C=O) groups excluding carboxylic acids is 1. The number of benzene rings is 1. The lowest BCUT2D eigenvalue weighted by molar-refractivity contribution is -0.125. The number of rotatable bonds is 8.